The number of benzene rings is 2. The fraction of sp³-hybridized carbons (Fsp3) is 0.273. The Labute approximate surface area is 190 Å². The van der Waals surface area contributed by atoms with Gasteiger partial charge in [-0.15, -0.1) is 22.4 Å². The summed E-state index contributed by atoms with van der Waals surface area (Å²) in [5.74, 6) is 2.01. The van der Waals surface area contributed by atoms with Crippen molar-refractivity contribution in [2.24, 2.45) is 11.0 Å². The summed E-state index contributed by atoms with van der Waals surface area (Å²) in [6, 6.07) is 16.9. The van der Waals surface area contributed by atoms with Crippen molar-refractivity contribution < 1.29 is 4.92 Å². The van der Waals surface area contributed by atoms with Crippen LogP contribution in [0.15, 0.2) is 70.9 Å². The van der Waals surface area contributed by atoms with E-state index in [1.165, 1.54) is 17.7 Å². The lowest BCUT2D eigenvalue weighted by Gasteiger charge is -2.19. The van der Waals surface area contributed by atoms with Crippen LogP contribution in [-0.2, 0) is 18.8 Å². The predicted octanol–water partition coefficient (Wildman–Crippen LogP) is 3.93. The molecular formula is C22H25N7O2S. The number of rotatable bonds is 9. The fourth-order valence-corrected chi connectivity index (χ4v) is 4.42. The van der Waals surface area contributed by atoms with Crippen molar-refractivity contribution in [2.45, 2.75) is 37.7 Å². The molecule has 2 aromatic carbocycles. The van der Waals surface area contributed by atoms with E-state index in [0.717, 1.165) is 34.3 Å². The SMILES string of the molecule is CC(C)Cn1ncc(C2=NNNN2Cc2ccc([N+](=O)[O-])cc2)c1SCc1ccccc1. The number of nitrogens with zero attached hydrogens (tertiary/aromatic N) is 5. The quantitative estimate of drug-likeness (QED) is 0.289. The maximum atomic E-state index is 10.9. The highest BCUT2D eigenvalue weighted by Crippen LogP contribution is 2.29. The van der Waals surface area contributed by atoms with Crippen molar-refractivity contribution in [1.82, 2.24) is 25.9 Å². The van der Waals surface area contributed by atoms with Gasteiger partial charge in [0.15, 0.2) is 5.84 Å². The van der Waals surface area contributed by atoms with E-state index in [4.69, 9.17) is 0 Å². The zero-order valence-corrected chi connectivity index (χ0v) is 18.7. The largest absolute Gasteiger partial charge is 0.269 e. The first-order valence-electron chi connectivity index (χ1n) is 10.3. The Balaban J connectivity index is 1.56. The first-order chi connectivity index (χ1) is 15.5. The second-order valence-corrected chi connectivity index (χ2v) is 8.85. The zero-order chi connectivity index (χ0) is 22.5. The highest BCUT2D eigenvalue weighted by molar-refractivity contribution is 7.98. The molecule has 0 bridgehead atoms. The molecule has 4 rings (SSSR count). The molecule has 0 aliphatic carbocycles. The molecule has 10 heteroatoms. The van der Waals surface area contributed by atoms with Gasteiger partial charge in [-0.1, -0.05) is 56.3 Å². The Hall–Kier alpha value is -3.37. The minimum atomic E-state index is -0.397. The zero-order valence-electron chi connectivity index (χ0n) is 17.9. The van der Waals surface area contributed by atoms with Crippen LogP contribution < -0.4 is 11.1 Å². The van der Waals surface area contributed by atoms with Crippen molar-refractivity contribution in [2.75, 3.05) is 0 Å². The summed E-state index contributed by atoms with van der Waals surface area (Å²) in [6.45, 7) is 5.64. The lowest BCUT2D eigenvalue weighted by atomic mass is 10.2. The Morgan fingerprint density at radius 2 is 1.84 bits per heavy atom. The minimum absolute atomic E-state index is 0.0738. The summed E-state index contributed by atoms with van der Waals surface area (Å²) in [4.78, 5) is 10.5. The molecule has 0 spiro atoms. The number of nitro benzene ring substituents is 1. The molecular weight excluding hydrogens is 426 g/mol. The number of nitrogens with one attached hydrogen (secondary N) is 2. The third-order valence-corrected chi connectivity index (χ3v) is 6.06. The van der Waals surface area contributed by atoms with Crippen molar-refractivity contribution >= 4 is 23.3 Å². The van der Waals surface area contributed by atoms with Crippen LogP contribution >= 0.6 is 11.8 Å². The highest BCUT2D eigenvalue weighted by atomic mass is 32.2. The standard InChI is InChI=1S/C22H25N7O2S/c1-16(2)13-28-22(32-15-18-6-4-3-5-7-18)20(12-23-28)21-24-25-26-27(21)14-17-8-10-19(11-9-17)29(30)31/h3-12,16,25-26H,13-15H2,1-2H3. The molecule has 1 aromatic heterocycles. The number of hydrazone groups is 1. The summed E-state index contributed by atoms with van der Waals surface area (Å²) >= 11 is 1.74. The van der Waals surface area contributed by atoms with Gasteiger partial charge in [0, 0.05) is 24.4 Å². The predicted molar refractivity (Wildman–Crippen MR) is 125 cm³/mol. The van der Waals surface area contributed by atoms with Gasteiger partial charge >= 0.3 is 0 Å². The van der Waals surface area contributed by atoms with Crippen LogP contribution in [0.4, 0.5) is 5.69 Å². The van der Waals surface area contributed by atoms with E-state index in [1.54, 1.807) is 23.9 Å². The summed E-state index contributed by atoms with van der Waals surface area (Å²) in [6.07, 6.45) is 1.85. The number of aromatic nitrogens is 2. The number of amidine groups is 1. The molecule has 3 aromatic rings. The smallest absolute Gasteiger partial charge is 0.266 e. The Morgan fingerprint density at radius 1 is 1.09 bits per heavy atom. The van der Waals surface area contributed by atoms with Gasteiger partial charge in [-0.2, -0.15) is 5.10 Å². The molecule has 1 aliphatic heterocycles. The average molecular weight is 452 g/mol. The monoisotopic (exact) mass is 451 g/mol. The summed E-state index contributed by atoms with van der Waals surface area (Å²) in [5.41, 5.74) is 9.05. The van der Waals surface area contributed by atoms with Crippen molar-refractivity contribution in [1.29, 1.82) is 0 Å². The Morgan fingerprint density at radius 3 is 2.53 bits per heavy atom. The van der Waals surface area contributed by atoms with Crippen LogP contribution in [-0.4, -0.2) is 25.5 Å². The number of hydrazine groups is 2. The van der Waals surface area contributed by atoms with E-state index in [2.05, 4.69) is 47.2 Å². The van der Waals surface area contributed by atoms with Crippen LogP contribution in [0, 0.1) is 16.0 Å². The molecule has 0 unspecified atom stereocenters. The van der Waals surface area contributed by atoms with Gasteiger partial charge < -0.3 is 0 Å². The number of hydrogen-bond donors (Lipinski definition) is 2. The normalized spacial score (nSPS) is 13.3. The lowest BCUT2D eigenvalue weighted by molar-refractivity contribution is -0.384. The minimum Gasteiger partial charge on any atom is -0.266 e. The molecule has 2 N–H and O–H groups in total. The molecule has 0 amide bonds. The maximum Gasteiger partial charge on any atom is 0.269 e. The fourth-order valence-electron chi connectivity index (χ4n) is 3.36. The molecule has 0 radical (unpaired) electrons. The van der Waals surface area contributed by atoms with Gasteiger partial charge in [-0.05, 0) is 17.0 Å². The van der Waals surface area contributed by atoms with Gasteiger partial charge in [0.25, 0.3) is 5.69 Å². The van der Waals surface area contributed by atoms with Crippen LogP contribution in [0.5, 0.6) is 0 Å². The van der Waals surface area contributed by atoms with Crippen molar-refractivity contribution in [3.8, 4) is 0 Å². The molecule has 0 saturated carbocycles. The van der Waals surface area contributed by atoms with Crippen molar-refractivity contribution in [3.05, 3.63) is 87.6 Å². The third-order valence-electron chi connectivity index (χ3n) is 4.88. The molecule has 0 saturated heterocycles. The van der Waals surface area contributed by atoms with Crippen LogP contribution in [0.1, 0.15) is 30.5 Å². The van der Waals surface area contributed by atoms with Crippen LogP contribution in [0.2, 0.25) is 0 Å². The molecule has 2 heterocycles. The number of nitro groups is 1. The van der Waals surface area contributed by atoms with Crippen LogP contribution in [0.25, 0.3) is 0 Å². The number of hydrogen-bond acceptors (Lipinski definition) is 8. The van der Waals surface area contributed by atoms with E-state index in [0.29, 0.717) is 12.5 Å². The third kappa shape index (κ3) is 5.09. The Kier molecular flexibility index (Phi) is 6.72. The van der Waals surface area contributed by atoms with Gasteiger partial charge in [0.05, 0.1) is 23.2 Å². The summed E-state index contributed by atoms with van der Waals surface area (Å²) in [7, 11) is 0. The molecule has 166 valence electrons. The van der Waals surface area contributed by atoms with E-state index in [9.17, 15) is 10.1 Å². The topological polar surface area (TPSA) is 101 Å². The second-order valence-electron chi connectivity index (χ2n) is 7.88. The van der Waals surface area contributed by atoms with E-state index < -0.39 is 4.92 Å². The molecule has 32 heavy (non-hydrogen) atoms. The maximum absolute atomic E-state index is 10.9. The van der Waals surface area contributed by atoms with E-state index >= 15 is 0 Å². The van der Waals surface area contributed by atoms with E-state index in [-0.39, 0.29) is 5.69 Å². The van der Waals surface area contributed by atoms with Gasteiger partial charge in [-0.25, -0.2) is 5.53 Å². The van der Waals surface area contributed by atoms with Gasteiger partial charge in [-0.3, -0.25) is 19.8 Å². The van der Waals surface area contributed by atoms with Crippen LogP contribution in [0.3, 0.4) is 0 Å². The summed E-state index contributed by atoms with van der Waals surface area (Å²) in [5, 5.41) is 22.9. The van der Waals surface area contributed by atoms with Gasteiger partial charge in [0.2, 0.25) is 0 Å². The molecule has 0 atom stereocenters. The average Bonchev–Trinajstić information content (AvgIpc) is 3.39. The first-order valence-corrected chi connectivity index (χ1v) is 11.3. The highest BCUT2D eigenvalue weighted by Gasteiger charge is 2.25. The molecule has 9 nitrogen and oxygen atoms in total. The van der Waals surface area contributed by atoms with Gasteiger partial charge in [0.1, 0.15) is 5.03 Å². The molecule has 0 fully saturated rings. The summed E-state index contributed by atoms with van der Waals surface area (Å²) < 4.78 is 2.04. The first kappa shape index (κ1) is 21.8. The Bertz CT molecular complexity index is 1100. The van der Waals surface area contributed by atoms with E-state index in [1.807, 2.05) is 34.1 Å². The number of thioether (sulfide) groups is 1. The number of non-ortho nitro benzene ring substituents is 1. The second kappa shape index (κ2) is 9.84. The lowest BCUT2D eigenvalue weighted by Crippen LogP contribution is -2.40. The van der Waals surface area contributed by atoms with Crippen molar-refractivity contribution in [3.63, 3.8) is 0 Å². The molecule has 1 aliphatic rings.